The predicted molar refractivity (Wildman–Crippen MR) is 74.6 cm³/mol. The minimum Gasteiger partial charge on any atom is -0.508 e. The van der Waals surface area contributed by atoms with Crippen molar-refractivity contribution in [2.45, 2.75) is 37.6 Å². The number of aryl methyl sites for hydroxylation is 1. The molecule has 3 N–H and O–H groups in total. The molecule has 0 amide bonds. The Morgan fingerprint density at radius 2 is 2.00 bits per heavy atom. The smallest absolute Gasteiger partial charge is 0.294 e. The summed E-state index contributed by atoms with van der Waals surface area (Å²) in [7, 11) is -4.20. The summed E-state index contributed by atoms with van der Waals surface area (Å²) in [6, 6.07) is 3.65. The van der Waals surface area contributed by atoms with Gasteiger partial charge in [-0.05, 0) is 32.4 Å². The Bertz CT molecular complexity index is 580. The lowest BCUT2D eigenvalue weighted by molar-refractivity contribution is -0.142. The molecule has 120 valence electrons. The standard InChI is InChI=1S/C7H8O4S.C6H12O3/c1-5-2-3-6(4-7(5)8)12(9,10)11;1-6(2)8-4-5(3-7)9-6/h2-4,8H,1H3,(H,9,10,11);5,7H,3-4H2,1-2H3/t;5-/m.1/s1. The molecule has 0 bridgehead atoms. The molecule has 1 saturated heterocycles. The van der Waals surface area contributed by atoms with Crippen LogP contribution in [-0.2, 0) is 19.6 Å². The number of rotatable bonds is 2. The molecule has 21 heavy (non-hydrogen) atoms. The van der Waals surface area contributed by atoms with Crippen LogP contribution in [0, 0.1) is 6.92 Å². The van der Waals surface area contributed by atoms with E-state index >= 15 is 0 Å². The first kappa shape index (κ1) is 17.9. The van der Waals surface area contributed by atoms with Crippen LogP contribution in [0.4, 0.5) is 0 Å². The molecule has 7 nitrogen and oxygen atoms in total. The highest BCUT2D eigenvalue weighted by atomic mass is 32.2. The van der Waals surface area contributed by atoms with Crippen LogP contribution in [0.1, 0.15) is 19.4 Å². The molecule has 1 aromatic carbocycles. The van der Waals surface area contributed by atoms with Crippen LogP contribution in [-0.4, -0.2) is 48.3 Å². The second kappa shape index (κ2) is 6.71. The first-order chi connectivity index (χ1) is 9.55. The fraction of sp³-hybridized carbons (Fsp3) is 0.538. The average Bonchev–Trinajstić information content (AvgIpc) is 2.72. The van der Waals surface area contributed by atoms with Crippen LogP contribution in [0.25, 0.3) is 0 Å². The maximum absolute atomic E-state index is 10.5. The Balaban J connectivity index is 0.000000219. The Kier molecular flexibility index (Phi) is 5.71. The van der Waals surface area contributed by atoms with Crippen molar-refractivity contribution in [3.05, 3.63) is 23.8 Å². The molecule has 1 aliphatic rings. The summed E-state index contributed by atoms with van der Waals surface area (Å²) in [5.41, 5.74) is 0.558. The largest absolute Gasteiger partial charge is 0.508 e. The molecule has 0 unspecified atom stereocenters. The van der Waals surface area contributed by atoms with Crippen molar-refractivity contribution in [3.8, 4) is 5.75 Å². The number of aromatic hydroxyl groups is 1. The molecule has 2 rings (SSSR count). The summed E-state index contributed by atoms with van der Waals surface area (Å²) in [5.74, 6) is -0.641. The van der Waals surface area contributed by atoms with E-state index in [-0.39, 0.29) is 23.4 Å². The molecular weight excluding hydrogens is 300 g/mol. The van der Waals surface area contributed by atoms with Gasteiger partial charge in [-0.2, -0.15) is 8.42 Å². The molecule has 0 aliphatic carbocycles. The molecule has 1 fully saturated rings. The first-order valence-corrected chi connectivity index (χ1v) is 7.69. The summed E-state index contributed by atoms with van der Waals surface area (Å²) in [6.07, 6.45) is -0.125. The van der Waals surface area contributed by atoms with Crippen molar-refractivity contribution in [1.82, 2.24) is 0 Å². The van der Waals surface area contributed by atoms with Crippen molar-refractivity contribution in [2.75, 3.05) is 13.2 Å². The molecule has 0 radical (unpaired) electrons. The van der Waals surface area contributed by atoms with Crippen LogP contribution >= 0.6 is 0 Å². The molecule has 1 atom stereocenters. The van der Waals surface area contributed by atoms with E-state index in [0.29, 0.717) is 12.2 Å². The molecule has 1 aliphatic heterocycles. The van der Waals surface area contributed by atoms with E-state index in [4.69, 9.17) is 24.2 Å². The van der Waals surface area contributed by atoms with Gasteiger partial charge in [-0.15, -0.1) is 0 Å². The third-order valence-corrected chi connectivity index (χ3v) is 3.60. The SMILES string of the molecule is CC1(C)OC[C@@H](CO)O1.Cc1ccc(S(=O)(=O)O)cc1O. The quantitative estimate of drug-likeness (QED) is 0.699. The van der Waals surface area contributed by atoms with Crippen LogP contribution in [0.3, 0.4) is 0 Å². The normalized spacial score (nSPS) is 20.7. The first-order valence-electron chi connectivity index (χ1n) is 6.25. The van der Waals surface area contributed by atoms with Gasteiger partial charge in [0.15, 0.2) is 5.79 Å². The zero-order chi connectivity index (χ0) is 16.3. The topological polar surface area (TPSA) is 113 Å². The summed E-state index contributed by atoms with van der Waals surface area (Å²) in [5, 5.41) is 17.7. The van der Waals surface area contributed by atoms with Crippen molar-refractivity contribution < 1.29 is 32.7 Å². The number of aliphatic hydroxyl groups excluding tert-OH is 1. The molecule has 1 heterocycles. The highest BCUT2D eigenvalue weighted by Gasteiger charge is 2.31. The molecule has 0 saturated carbocycles. The monoisotopic (exact) mass is 320 g/mol. The van der Waals surface area contributed by atoms with E-state index in [0.717, 1.165) is 6.07 Å². The second-order valence-corrected chi connectivity index (χ2v) is 6.48. The van der Waals surface area contributed by atoms with E-state index in [9.17, 15) is 8.42 Å². The minimum absolute atomic E-state index is 0.0451. The number of benzene rings is 1. The van der Waals surface area contributed by atoms with Gasteiger partial charge in [-0.1, -0.05) is 6.07 Å². The lowest BCUT2D eigenvalue weighted by Crippen LogP contribution is -2.22. The van der Waals surface area contributed by atoms with E-state index in [1.807, 2.05) is 13.8 Å². The number of phenols is 1. The highest BCUT2D eigenvalue weighted by molar-refractivity contribution is 7.85. The third kappa shape index (κ3) is 5.60. The number of aliphatic hydroxyl groups is 1. The van der Waals surface area contributed by atoms with Crippen LogP contribution in [0.2, 0.25) is 0 Å². The van der Waals surface area contributed by atoms with Gasteiger partial charge in [-0.3, -0.25) is 4.55 Å². The molecule has 1 aromatic rings. The second-order valence-electron chi connectivity index (χ2n) is 5.06. The lowest BCUT2D eigenvalue weighted by Gasteiger charge is -2.15. The van der Waals surface area contributed by atoms with Gasteiger partial charge in [0.25, 0.3) is 10.1 Å². The third-order valence-electron chi connectivity index (χ3n) is 2.75. The number of hydrogen-bond acceptors (Lipinski definition) is 6. The summed E-state index contributed by atoms with van der Waals surface area (Å²) < 4.78 is 40.0. The summed E-state index contributed by atoms with van der Waals surface area (Å²) in [6.45, 7) is 5.85. The fourth-order valence-electron chi connectivity index (χ4n) is 1.60. The molecule has 0 spiro atoms. The molecular formula is C13H20O7S. The minimum atomic E-state index is -4.20. The maximum Gasteiger partial charge on any atom is 0.294 e. The number of ether oxygens (including phenoxy) is 2. The van der Waals surface area contributed by atoms with Gasteiger partial charge >= 0.3 is 0 Å². The van der Waals surface area contributed by atoms with Crippen LogP contribution in [0.15, 0.2) is 23.1 Å². The van der Waals surface area contributed by atoms with Gasteiger partial charge in [0, 0.05) is 6.07 Å². The van der Waals surface area contributed by atoms with Gasteiger partial charge in [0.2, 0.25) is 0 Å². The van der Waals surface area contributed by atoms with Gasteiger partial charge < -0.3 is 19.7 Å². The zero-order valence-corrected chi connectivity index (χ0v) is 12.9. The van der Waals surface area contributed by atoms with Gasteiger partial charge in [-0.25, -0.2) is 0 Å². The van der Waals surface area contributed by atoms with E-state index in [1.54, 1.807) is 6.92 Å². The number of hydrogen-bond donors (Lipinski definition) is 3. The molecule has 8 heteroatoms. The van der Waals surface area contributed by atoms with Crippen LogP contribution < -0.4 is 0 Å². The Morgan fingerprint density at radius 1 is 1.38 bits per heavy atom. The van der Waals surface area contributed by atoms with Crippen molar-refractivity contribution in [2.24, 2.45) is 0 Å². The molecule has 0 aromatic heterocycles. The zero-order valence-electron chi connectivity index (χ0n) is 12.1. The van der Waals surface area contributed by atoms with Gasteiger partial charge in [0.1, 0.15) is 11.9 Å². The summed E-state index contributed by atoms with van der Waals surface area (Å²) in [4.78, 5) is -0.300. The Morgan fingerprint density at radius 3 is 2.33 bits per heavy atom. The van der Waals surface area contributed by atoms with E-state index in [1.165, 1.54) is 12.1 Å². The van der Waals surface area contributed by atoms with Crippen LogP contribution in [0.5, 0.6) is 5.75 Å². The van der Waals surface area contributed by atoms with E-state index < -0.39 is 15.9 Å². The average molecular weight is 320 g/mol. The lowest BCUT2D eigenvalue weighted by atomic mass is 10.2. The van der Waals surface area contributed by atoms with Gasteiger partial charge in [0.05, 0.1) is 18.1 Å². The maximum atomic E-state index is 10.5. The van der Waals surface area contributed by atoms with Crippen molar-refractivity contribution in [3.63, 3.8) is 0 Å². The Labute approximate surface area is 123 Å². The predicted octanol–water partition coefficient (Wildman–Crippen LogP) is 1.08. The van der Waals surface area contributed by atoms with E-state index in [2.05, 4.69) is 0 Å². The number of phenolic OH excluding ortho intramolecular Hbond substituents is 1. The fourth-order valence-corrected chi connectivity index (χ4v) is 2.10. The van der Waals surface area contributed by atoms with Crippen molar-refractivity contribution in [1.29, 1.82) is 0 Å². The summed E-state index contributed by atoms with van der Waals surface area (Å²) >= 11 is 0. The van der Waals surface area contributed by atoms with Crippen molar-refractivity contribution >= 4 is 10.1 Å². The highest BCUT2D eigenvalue weighted by Crippen LogP contribution is 2.21. The Hall–Kier alpha value is -1.19.